The van der Waals surface area contributed by atoms with Crippen LogP contribution in [-0.2, 0) is 9.53 Å². The van der Waals surface area contributed by atoms with Crippen molar-refractivity contribution >= 4 is 5.91 Å². The average molecular weight is 228 g/mol. The lowest BCUT2D eigenvalue weighted by Crippen LogP contribution is -2.52. The zero-order chi connectivity index (χ0) is 12.2. The molecule has 1 rings (SSSR count). The molecule has 1 aliphatic rings. The fraction of sp³-hybridized carbons (Fsp3) is 0.917. The Kier molecular flexibility index (Phi) is 4.74. The predicted octanol–water partition coefficient (Wildman–Crippen LogP) is 0.823. The van der Waals surface area contributed by atoms with E-state index in [-0.39, 0.29) is 11.3 Å². The minimum atomic E-state index is 0.229. The van der Waals surface area contributed by atoms with E-state index in [4.69, 9.17) is 4.74 Å². The number of carbonyl (C=O) groups is 1. The van der Waals surface area contributed by atoms with Gasteiger partial charge >= 0.3 is 0 Å². The van der Waals surface area contributed by atoms with Crippen molar-refractivity contribution in [1.82, 2.24) is 9.80 Å². The molecule has 0 unspecified atom stereocenters. The number of piperazine rings is 1. The molecule has 0 aromatic heterocycles. The van der Waals surface area contributed by atoms with Gasteiger partial charge in [0.15, 0.2) is 0 Å². The van der Waals surface area contributed by atoms with Crippen molar-refractivity contribution < 1.29 is 9.53 Å². The SMILES string of the molecule is COCCN1CCN(CC(C)(C)C)CC1=O. The molecular formula is C12H24N2O2. The van der Waals surface area contributed by atoms with E-state index in [0.717, 1.165) is 26.2 Å². The Hall–Kier alpha value is -0.610. The van der Waals surface area contributed by atoms with E-state index in [1.807, 2.05) is 4.90 Å². The van der Waals surface area contributed by atoms with E-state index in [2.05, 4.69) is 25.7 Å². The number of hydrogen-bond donors (Lipinski definition) is 0. The molecule has 0 saturated carbocycles. The second-order valence-electron chi connectivity index (χ2n) is 5.64. The number of amides is 1. The van der Waals surface area contributed by atoms with Gasteiger partial charge in [-0.15, -0.1) is 0 Å². The summed E-state index contributed by atoms with van der Waals surface area (Å²) in [5, 5.41) is 0. The second-order valence-corrected chi connectivity index (χ2v) is 5.64. The van der Waals surface area contributed by atoms with Gasteiger partial charge in [0.25, 0.3) is 0 Å². The van der Waals surface area contributed by atoms with Crippen molar-refractivity contribution in [3.8, 4) is 0 Å². The van der Waals surface area contributed by atoms with E-state index in [9.17, 15) is 4.79 Å². The topological polar surface area (TPSA) is 32.8 Å². The number of hydrogen-bond acceptors (Lipinski definition) is 3. The molecule has 0 aromatic rings. The van der Waals surface area contributed by atoms with Gasteiger partial charge < -0.3 is 9.64 Å². The molecule has 16 heavy (non-hydrogen) atoms. The van der Waals surface area contributed by atoms with Crippen molar-refractivity contribution in [1.29, 1.82) is 0 Å². The quantitative estimate of drug-likeness (QED) is 0.714. The highest BCUT2D eigenvalue weighted by Crippen LogP contribution is 2.16. The van der Waals surface area contributed by atoms with E-state index in [0.29, 0.717) is 13.2 Å². The summed E-state index contributed by atoms with van der Waals surface area (Å²) >= 11 is 0. The molecule has 0 aliphatic carbocycles. The zero-order valence-electron chi connectivity index (χ0n) is 11.0. The summed E-state index contributed by atoms with van der Waals surface area (Å²) in [6.45, 7) is 11.3. The van der Waals surface area contributed by atoms with Crippen LogP contribution in [-0.4, -0.2) is 62.1 Å². The van der Waals surface area contributed by atoms with E-state index in [1.165, 1.54) is 0 Å². The lowest BCUT2D eigenvalue weighted by Gasteiger charge is -2.37. The highest BCUT2D eigenvalue weighted by molar-refractivity contribution is 5.79. The van der Waals surface area contributed by atoms with Crippen molar-refractivity contribution in [2.45, 2.75) is 20.8 Å². The van der Waals surface area contributed by atoms with Crippen molar-refractivity contribution in [3.63, 3.8) is 0 Å². The van der Waals surface area contributed by atoms with Gasteiger partial charge in [0.05, 0.1) is 13.2 Å². The Morgan fingerprint density at radius 3 is 2.50 bits per heavy atom. The van der Waals surface area contributed by atoms with Gasteiger partial charge in [0.2, 0.25) is 5.91 Å². The first kappa shape index (κ1) is 13.5. The zero-order valence-corrected chi connectivity index (χ0v) is 11.0. The monoisotopic (exact) mass is 228 g/mol. The van der Waals surface area contributed by atoms with Crippen molar-refractivity contribution in [2.24, 2.45) is 5.41 Å². The van der Waals surface area contributed by atoms with E-state index in [1.54, 1.807) is 7.11 Å². The largest absolute Gasteiger partial charge is 0.383 e. The van der Waals surface area contributed by atoms with Gasteiger partial charge in [0.1, 0.15) is 0 Å². The third-order valence-corrected chi connectivity index (χ3v) is 2.66. The summed E-state index contributed by atoms with van der Waals surface area (Å²) in [7, 11) is 1.67. The Bertz CT molecular complexity index is 236. The molecule has 4 heteroatoms. The van der Waals surface area contributed by atoms with Crippen LogP contribution < -0.4 is 0 Å². The summed E-state index contributed by atoms with van der Waals surface area (Å²) in [6.07, 6.45) is 0. The fourth-order valence-electron chi connectivity index (χ4n) is 2.00. The number of ether oxygens (including phenoxy) is 1. The van der Waals surface area contributed by atoms with Crippen LogP contribution in [0.15, 0.2) is 0 Å². The minimum absolute atomic E-state index is 0.229. The molecule has 0 spiro atoms. The van der Waals surface area contributed by atoms with Crippen LogP contribution in [0, 0.1) is 5.41 Å². The summed E-state index contributed by atoms with van der Waals surface area (Å²) in [6, 6.07) is 0. The smallest absolute Gasteiger partial charge is 0.236 e. The molecule has 0 N–H and O–H groups in total. The van der Waals surface area contributed by atoms with Crippen LogP contribution in [0.5, 0.6) is 0 Å². The van der Waals surface area contributed by atoms with Crippen molar-refractivity contribution in [3.05, 3.63) is 0 Å². The van der Waals surface area contributed by atoms with Crippen LogP contribution in [0.25, 0.3) is 0 Å². The Morgan fingerprint density at radius 2 is 2.00 bits per heavy atom. The predicted molar refractivity (Wildman–Crippen MR) is 64.4 cm³/mol. The summed E-state index contributed by atoms with van der Waals surface area (Å²) in [4.78, 5) is 16.0. The molecule has 1 saturated heterocycles. The van der Waals surface area contributed by atoms with Crippen LogP contribution >= 0.6 is 0 Å². The number of carbonyl (C=O) groups excluding carboxylic acids is 1. The lowest BCUT2D eigenvalue weighted by atomic mass is 9.96. The first-order chi connectivity index (χ1) is 7.42. The van der Waals surface area contributed by atoms with Crippen LogP contribution in [0.3, 0.4) is 0 Å². The Labute approximate surface area is 98.5 Å². The molecule has 1 amide bonds. The molecule has 0 bridgehead atoms. The normalized spacial score (nSPS) is 19.2. The molecule has 1 fully saturated rings. The van der Waals surface area contributed by atoms with Gasteiger partial charge in [-0.3, -0.25) is 9.69 Å². The number of methoxy groups -OCH3 is 1. The third-order valence-electron chi connectivity index (χ3n) is 2.66. The van der Waals surface area contributed by atoms with Gasteiger partial charge in [-0.05, 0) is 5.41 Å². The Balaban J connectivity index is 2.36. The minimum Gasteiger partial charge on any atom is -0.383 e. The maximum atomic E-state index is 11.8. The maximum absolute atomic E-state index is 11.8. The number of nitrogens with zero attached hydrogens (tertiary/aromatic N) is 2. The number of rotatable bonds is 4. The molecule has 1 heterocycles. The van der Waals surface area contributed by atoms with Gasteiger partial charge in [-0.25, -0.2) is 0 Å². The molecule has 0 radical (unpaired) electrons. The molecule has 4 nitrogen and oxygen atoms in total. The third kappa shape index (κ3) is 4.49. The summed E-state index contributed by atoms with van der Waals surface area (Å²) in [5.74, 6) is 0.229. The van der Waals surface area contributed by atoms with Gasteiger partial charge in [-0.2, -0.15) is 0 Å². The molecular weight excluding hydrogens is 204 g/mol. The lowest BCUT2D eigenvalue weighted by molar-refractivity contribution is -0.137. The van der Waals surface area contributed by atoms with Gasteiger partial charge in [0, 0.05) is 33.3 Å². The summed E-state index contributed by atoms with van der Waals surface area (Å²) < 4.78 is 4.99. The van der Waals surface area contributed by atoms with E-state index >= 15 is 0 Å². The highest BCUT2D eigenvalue weighted by atomic mass is 16.5. The molecule has 0 atom stereocenters. The summed E-state index contributed by atoms with van der Waals surface area (Å²) in [5.41, 5.74) is 0.259. The van der Waals surface area contributed by atoms with E-state index < -0.39 is 0 Å². The molecule has 94 valence electrons. The molecule has 0 aromatic carbocycles. The standard InChI is InChI=1S/C12H24N2O2/c1-12(2,3)10-13-5-6-14(7-8-16-4)11(15)9-13/h5-10H2,1-4H3. The van der Waals surface area contributed by atoms with Crippen LogP contribution in [0.1, 0.15) is 20.8 Å². The first-order valence-corrected chi connectivity index (χ1v) is 5.91. The maximum Gasteiger partial charge on any atom is 0.236 e. The van der Waals surface area contributed by atoms with Gasteiger partial charge in [-0.1, -0.05) is 20.8 Å². The molecule has 1 aliphatic heterocycles. The first-order valence-electron chi connectivity index (χ1n) is 5.91. The highest BCUT2D eigenvalue weighted by Gasteiger charge is 2.26. The fourth-order valence-corrected chi connectivity index (χ4v) is 2.00. The Morgan fingerprint density at radius 1 is 1.31 bits per heavy atom. The van der Waals surface area contributed by atoms with Crippen LogP contribution in [0.4, 0.5) is 0 Å². The van der Waals surface area contributed by atoms with Crippen LogP contribution in [0.2, 0.25) is 0 Å². The second kappa shape index (κ2) is 5.64. The average Bonchev–Trinajstić information content (AvgIpc) is 2.14. The van der Waals surface area contributed by atoms with Crippen molar-refractivity contribution in [2.75, 3.05) is 46.4 Å².